The Morgan fingerprint density at radius 3 is 3.00 bits per heavy atom. The average molecular weight is 235 g/mol. The summed E-state index contributed by atoms with van der Waals surface area (Å²) >= 11 is 7.15. The molecule has 0 amide bonds. The normalized spacial score (nSPS) is 10.2. The Bertz CT molecular complexity index is 299. The van der Waals surface area contributed by atoms with Crippen molar-refractivity contribution in [2.75, 3.05) is 19.5 Å². The Hall–Kier alpha value is -0.520. The average Bonchev–Trinajstić information content (AvgIpc) is 2.17. The maximum atomic E-state index is 8.56. The third kappa shape index (κ3) is 3.69. The first-order valence-corrected chi connectivity index (χ1v) is 5.68. The van der Waals surface area contributed by atoms with Gasteiger partial charge in [0, 0.05) is 19.1 Å². The fourth-order valence-electron chi connectivity index (χ4n) is 0.784. The van der Waals surface area contributed by atoms with Gasteiger partial charge in [-0.3, -0.25) is 0 Å². The molecule has 1 N–H and O–H groups in total. The molecule has 1 aromatic heterocycles. The zero-order chi connectivity index (χ0) is 10.4. The van der Waals surface area contributed by atoms with Crippen LogP contribution < -0.4 is 4.74 Å². The van der Waals surface area contributed by atoms with Gasteiger partial charge in [0.25, 0.3) is 0 Å². The molecule has 6 heteroatoms. The van der Waals surface area contributed by atoms with Crippen LogP contribution in [0.2, 0.25) is 5.15 Å². The Morgan fingerprint density at radius 2 is 2.36 bits per heavy atom. The predicted molar refractivity (Wildman–Crippen MR) is 56.0 cm³/mol. The Balaban J connectivity index is 2.62. The molecular weight excluding hydrogens is 224 g/mol. The summed E-state index contributed by atoms with van der Waals surface area (Å²) in [6, 6.07) is 1.55. The third-order valence-corrected chi connectivity index (χ3v) is 2.13. The number of aliphatic hydroxyl groups excluding tert-OH is 1. The molecule has 0 radical (unpaired) electrons. The van der Waals surface area contributed by atoms with E-state index in [0.717, 1.165) is 0 Å². The number of rotatable bonds is 5. The van der Waals surface area contributed by atoms with Gasteiger partial charge in [0.1, 0.15) is 5.15 Å². The largest absolute Gasteiger partial charge is 0.477 e. The van der Waals surface area contributed by atoms with E-state index >= 15 is 0 Å². The Labute approximate surface area is 91.7 Å². The highest BCUT2D eigenvalue weighted by molar-refractivity contribution is 7.98. The summed E-state index contributed by atoms with van der Waals surface area (Å²) in [6.07, 6.45) is 2.44. The molecule has 1 aromatic rings. The second-order valence-electron chi connectivity index (χ2n) is 2.44. The molecule has 14 heavy (non-hydrogen) atoms. The number of thioether (sulfide) groups is 1. The molecule has 0 aliphatic rings. The van der Waals surface area contributed by atoms with Gasteiger partial charge in [-0.2, -0.15) is 4.98 Å². The monoisotopic (exact) mass is 234 g/mol. The maximum Gasteiger partial charge on any atom is 0.218 e. The summed E-state index contributed by atoms with van der Waals surface area (Å²) in [7, 11) is 0. The van der Waals surface area contributed by atoms with E-state index in [0.29, 0.717) is 29.2 Å². The first kappa shape index (κ1) is 11.6. The number of hydrogen-bond donors (Lipinski definition) is 1. The van der Waals surface area contributed by atoms with Crippen molar-refractivity contribution in [1.29, 1.82) is 0 Å². The zero-order valence-corrected chi connectivity index (χ0v) is 9.31. The lowest BCUT2D eigenvalue weighted by Crippen LogP contribution is -2.02. The summed E-state index contributed by atoms with van der Waals surface area (Å²) in [5.74, 6) is 0.447. The molecule has 1 rings (SSSR count). The molecule has 0 aliphatic carbocycles. The molecule has 0 unspecified atom stereocenters. The first-order chi connectivity index (χ1) is 6.76. The van der Waals surface area contributed by atoms with Crippen LogP contribution in [0.4, 0.5) is 0 Å². The van der Waals surface area contributed by atoms with Gasteiger partial charge >= 0.3 is 0 Å². The smallest absolute Gasteiger partial charge is 0.218 e. The second kappa shape index (κ2) is 6.06. The van der Waals surface area contributed by atoms with Crippen molar-refractivity contribution in [2.45, 2.75) is 11.6 Å². The quantitative estimate of drug-likeness (QED) is 0.363. The van der Waals surface area contributed by atoms with Crippen LogP contribution in [0.25, 0.3) is 0 Å². The fourth-order valence-corrected chi connectivity index (χ4v) is 1.38. The molecule has 0 bridgehead atoms. The molecule has 0 aliphatic heterocycles. The van der Waals surface area contributed by atoms with Crippen molar-refractivity contribution < 1.29 is 9.84 Å². The van der Waals surface area contributed by atoms with Crippen LogP contribution in [0, 0.1) is 0 Å². The van der Waals surface area contributed by atoms with E-state index in [4.69, 9.17) is 21.4 Å². The van der Waals surface area contributed by atoms with Crippen molar-refractivity contribution in [3.63, 3.8) is 0 Å². The molecule has 0 spiro atoms. The van der Waals surface area contributed by atoms with Crippen LogP contribution in [0.15, 0.2) is 11.2 Å². The number of hydrogen-bond acceptors (Lipinski definition) is 5. The van der Waals surface area contributed by atoms with Gasteiger partial charge in [0.2, 0.25) is 5.88 Å². The summed E-state index contributed by atoms with van der Waals surface area (Å²) in [5, 5.41) is 9.50. The zero-order valence-electron chi connectivity index (χ0n) is 7.73. The first-order valence-electron chi connectivity index (χ1n) is 4.08. The highest BCUT2D eigenvalue weighted by atomic mass is 35.5. The molecule has 78 valence electrons. The standard InChI is InChI=1S/C8H11ClN2O2S/c1-14-8-10-6(9)5-7(11-8)13-4-2-3-12/h5,12H,2-4H2,1H3. The van der Waals surface area contributed by atoms with E-state index in [1.54, 1.807) is 6.07 Å². The number of aliphatic hydroxyl groups is 1. The third-order valence-electron chi connectivity index (χ3n) is 1.39. The maximum absolute atomic E-state index is 8.56. The lowest BCUT2D eigenvalue weighted by Gasteiger charge is -2.04. The number of aromatic nitrogens is 2. The Kier molecular flexibility index (Phi) is 5.00. The van der Waals surface area contributed by atoms with Gasteiger partial charge in [0.15, 0.2) is 5.16 Å². The van der Waals surface area contributed by atoms with Gasteiger partial charge in [0.05, 0.1) is 6.61 Å². The number of nitrogens with zero attached hydrogens (tertiary/aromatic N) is 2. The minimum atomic E-state index is 0.105. The van der Waals surface area contributed by atoms with Crippen LogP contribution in [-0.4, -0.2) is 34.5 Å². The van der Waals surface area contributed by atoms with Crippen molar-refractivity contribution in [3.8, 4) is 5.88 Å². The summed E-state index contributed by atoms with van der Waals surface area (Å²) in [4.78, 5) is 8.06. The molecule has 4 nitrogen and oxygen atoms in total. The second-order valence-corrected chi connectivity index (χ2v) is 3.60. The Morgan fingerprint density at radius 1 is 1.57 bits per heavy atom. The fraction of sp³-hybridized carbons (Fsp3) is 0.500. The van der Waals surface area contributed by atoms with E-state index in [1.165, 1.54) is 11.8 Å². The van der Waals surface area contributed by atoms with Crippen LogP contribution >= 0.6 is 23.4 Å². The van der Waals surface area contributed by atoms with E-state index in [1.807, 2.05) is 6.26 Å². The van der Waals surface area contributed by atoms with Crippen molar-refractivity contribution in [2.24, 2.45) is 0 Å². The number of halogens is 1. The molecule has 0 saturated heterocycles. The van der Waals surface area contributed by atoms with E-state index in [9.17, 15) is 0 Å². The van der Waals surface area contributed by atoms with Gasteiger partial charge in [-0.25, -0.2) is 4.98 Å². The SMILES string of the molecule is CSc1nc(Cl)cc(OCCCO)n1. The van der Waals surface area contributed by atoms with Crippen molar-refractivity contribution >= 4 is 23.4 Å². The van der Waals surface area contributed by atoms with Gasteiger partial charge in [-0.1, -0.05) is 23.4 Å². The van der Waals surface area contributed by atoms with E-state index in [-0.39, 0.29) is 6.61 Å². The molecule has 0 atom stereocenters. The lowest BCUT2D eigenvalue weighted by molar-refractivity contribution is 0.228. The highest BCUT2D eigenvalue weighted by Crippen LogP contribution is 2.18. The van der Waals surface area contributed by atoms with Crippen molar-refractivity contribution in [1.82, 2.24) is 9.97 Å². The summed E-state index contributed by atoms with van der Waals surface area (Å²) < 4.78 is 5.26. The molecule has 0 fully saturated rings. The van der Waals surface area contributed by atoms with Crippen LogP contribution in [0.5, 0.6) is 5.88 Å². The van der Waals surface area contributed by atoms with Crippen LogP contribution in [-0.2, 0) is 0 Å². The van der Waals surface area contributed by atoms with E-state index in [2.05, 4.69) is 9.97 Å². The molecule has 1 heterocycles. The van der Waals surface area contributed by atoms with E-state index < -0.39 is 0 Å². The topological polar surface area (TPSA) is 55.2 Å². The molecule has 0 aromatic carbocycles. The lowest BCUT2D eigenvalue weighted by atomic mass is 10.5. The minimum Gasteiger partial charge on any atom is -0.477 e. The van der Waals surface area contributed by atoms with Crippen molar-refractivity contribution in [3.05, 3.63) is 11.2 Å². The number of ether oxygens (including phenoxy) is 1. The van der Waals surface area contributed by atoms with Crippen LogP contribution in [0.1, 0.15) is 6.42 Å². The summed E-state index contributed by atoms with van der Waals surface area (Å²) in [6.45, 7) is 0.534. The van der Waals surface area contributed by atoms with Crippen LogP contribution in [0.3, 0.4) is 0 Å². The van der Waals surface area contributed by atoms with Gasteiger partial charge < -0.3 is 9.84 Å². The van der Waals surface area contributed by atoms with Gasteiger partial charge in [-0.15, -0.1) is 0 Å². The highest BCUT2D eigenvalue weighted by Gasteiger charge is 2.02. The van der Waals surface area contributed by atoms with Gasteiger partial charge in [-0.05, 0) is 6.26 Å². The molecule has 0 saturated carbocycles. The summed E-state index contributed by atoms with van der Waals surface area (Å²) in [5.41, 5.74) is 0. The minimum absolute atomic E-state index is 0.105. The molecular formula is C8H11ClN2O2S. The predicted octanol–water partition coefficient (Wildman–Crippen LogP) is 1.61.